The van der Waals surface area contributed by atoms with Gasteiger partial charge in [0.2, 0.25) is 0 Å². The maximum atomic E-state index is 5.51. The molecule has 200 valence electrons. The highest BCUT2D eigenvalue weighted by Crippen LogP contribution is 2.75. The predicted octanol–water partition coefficient (Wildman–Crippen LogP) is 8.91. The molecule has 0 unspecified atom stereocenters. The van der Waals surface area contributed by atoms with Gasteiger partial charge >= 0.3 is 0 Å². The molecule has 3 heteroatoms. The first-order valence-corrected chi connectivity index (χ1v) is 15.3. The topological polar surface area (TPSA) is 38.9 Å². The van der Waals surface area contributed by atoms with Crippen LogP contribution in [0.3, 0.4) is 0 Å². The molecule has 3 nitrogen and oxygen atoms in total. The summed E-state index contributed by atoms with van der Waals surface area (Å²) >= 11 is 0. The molecule has 5 aliphatic rings. The van der Waals surface area contributed by atoms with Crippen molar-refractivity contribution in [3.8, 4) is 0 Å². The Labute approximate surface area is 224 Å². The van der Waals surface area contributed by atoms with Crippen LogP contribution >= 0.6 is 0 Å². The number of aromatic nitrogens is 2. The van der Waals surface area contributed by atoms with Crippen LogP contribution in [0.5, 0.6) is 0 Å². The number of rotatable bonds is 0. The average molecular weight is 501 g/mol. The van der Waals surface area contributed by atoms with Crippen LogP contribution < -0.4 is 0 Å². The Kier molecular flexibility index (Phi) is 4.82. The molecule has 0 amide bonds. The summed E-state index contributed by atoms with van der Waals surface area (Å²) in [5.41, 5.74) is 6.77. The minimum absolute atomic E-state index is 0.0357. The van der Waals surface area contributed by atoms with Crippen LogP contribution in [0.1, 0.15) is 112 Å². The Morgan fingerprint density at radius 3 is 2.49 bits per heavy atom. The lowest BCUT2D eigenvalue weighted by molar-refractivity contribution is -0.161. The van der Waals surface area contributed by atoms with Crippen LogP contribution in [0.2, 0.25) is 0 Å². The highest BCUT2D eigenvalue weighted by atomic mass is 16.5. The molecule has 0 aliphatic heterocycles. The molecule has 37 heavy (non-hydrogen) atoms. The maximum Gasteiger partial charge on any atom is 0.257 e. The van der Waals surface area contributed by atoms with E-state index in [0.717, 1.165) is 29.6 Å². The highest BCUT2D eigenvalue weighted by molar-refractivity contribution is 5.73. The van der Waals surface area contributed by atoms with Crippen molar-refractivity contribution < 1.29 is 4.52 Å². The Balaban J connectivity index is 1.35. The van der Waals surface area contributed by atoms with E-state index in [2.05, 4.69) is 72.7 Å². The van der Waals surface area contributed by atoms with Crippen LogP contribution in [0, 0.1) is 51.2 Å². The maximum absolute atomic E-state index is 5.51. The molecule has 0 spiro atoms. The summed E-state index contributed by atoms with van der Waals surface area (Å²) < 4.78 is 5.51. The van der Waals surface area contributed by atoms with E-state index >= 15 is 0 Å². The van der Waals surface area contributed by atoms with Gasteiger partial charge in [0.05, 0.1) is 17.3 Å². The third-order valence-corrected chi connectivity index (χ3v) is 14.1. The first-order valence-electron chi connectivity index (χ1n) is 15.3. The Hall–Kier alpha value is -1.64. The molecule has 0 aromatic carbocycles. The number of pyridine rings is 1. The lowest BCUT2D eigenvalue weighted by Gasteiger charge is -2.71. The van der Waals surface area contributed by atoms with E-state index in [1.165, 1.54) is 56.2 Å². The molecule has 0 saturated heterocycles. The quantitative estimate of drug-likeness (QED) is 0.339. The Morgan fingerprint density at radius 2 is 1.70 bits per heavy atom. The summed E-state index contributed by atoms with van der Waals surface area (Å²) in [5.74, 6) is 3.76. The van der Waals surface area contributed by atoms with Crippen molar-refractivity contribution >= 4 is 11.1 Å². The van der Waals surface area contributed by atoms with E-state index < -0.39 is 0 Å². The molecule has 5 aliphatic carbocycles. The first kappa shape index (κ1) is 24.4. The van der Waals surface area contributed by atoms with Gasteiger partial charge in [-0.05, 0) is 114 Å². The van der Waals surface area contributed by atoms with Crippen molar-refractivity contribution in [2.24, 2.45) is 51.2 Å². The zero-order valence-corrected chi connectivity index (χ0v) is 24.6. The lowest BCUT2D eigenvalue weighted by atomic mass is 9.33. The van der Waals surface area contributed by atoms with E-state index in [4.69, 9.17) is 9.51 Å². The molecule has 2 aromatic rings. The van der Waals surface area contributed by atoms with Gasteiger partial charge in [-0.3, -0.25) is 0 Å². The summed E-state index contributed by atoms with van der Waals surface area (Å²) in [5, 5.41) is 5.12. The molecule has 2 heterocycles. The van der Waals surface area contributed by atoms with Crippen molar-refractivity contribution in [3.63, 3.8) is 0 Å². The number of allylic oxidation sites excluding steroid dienone is 2. The summed E-state index contributed by atoms with van der Waals surface area (Å²) in [6.45, 7) is 20.8. The summed E-state index contributed by atoms with van der Waals surface area (Å²) in [4.78, 5) is 5.08. The number of hydrogen-bond acceptors (Lipinski definition) is 3. The number of fused-ring (bicyclic) bond motifs is 9. The first-order chi connectivity index (χ1) is 17.4. The predicted molar refractivity (Wildman–Crippen MR) is 150 cm³/mol. The Bertz CT molecular complexity index is 1300. The van der Waals surface area contributed by atoms with Crippen LogP contribution in [0.4, 0.5) is 0 Å². The summed E-state index contributed by atoms with van der Waals surface area (Å²) in [6.07, 6.45) is 15.3. The average Bonchev–Trinajstić information content (AvgIpc) is 3.29. The molecule has 3 fully saturated rings. The zero-order valence-electron chi connectivity index (χ0n) is 24.6. The van der Waals surface area contributed by atoms with Gasteiger partial charge in [0.1, 0.15) is 0 Å². The van der Waals surface area contributed by atoms with Crippen LogP contribution in [-0.4, -0.2) is 10.1 Å². The molecule has 0 radical (unpaired) electrons. The van der Waals surface area contributed by atoms with E-state index in [1.807, 2.05) is 11.8 Å². The van der Waals surface area contributed by atoms with Crippen molar-refractivity contribution in [1.29, 1.82) is 0 Å². The van der Waals surface area contributed by atoms with E-state index in [9.17, 15) is 0 Å². The lowest BCUT2D eigenvalue weighted by Crippen LogP contribution is -2.64. The van der Waals surface area contributed by atoms with Gasteiger partial charge in [0.15, 0.2) is 0 Å². The third kappa shape index (κ3) is 2.85. The largest absolute Gasteiger partial charge is 0.336 e. The van der Waals surface area contributed by atoms with Gasteiger partial charge in [-0.25, -0.2) is 4.98 Å². The van der Waals surface area contributed by atoms with Crippen molar-refractivity contribution in [1.82, 2.24) is 10.1 Å². The monoisotopic (exact) mass is 500 g/mol. The van der Waals surface area contributed by atoms with Crippen molar-refractivity contribution in [2.45, 2.75) is 112 Å². The fourth-order valence-electron chi connectivity index (χ4n) is 11.8. The molecule has 0 N–H and O–H groups in total. The highest BCUT2D eigenvalue weighted by Gasteiger charge is 2.68. The normalized spacial score (nSPS) is 48.2. The van der Waals surface area contributed by atoms with Gasteiger partial charge in [0.25, 0.3) is 5.71 Å². The van der Waals surface area contributed by atoms with Crippen LogP contribution in [0.15, 0.2) is 28.4 Å². The number of hydrogen-bond donors (Lipinski definition) is 0. The van der Waals surface area contributed by atoms with Crippen molar-refractivity contribution in [3.05, 3.63) is 35.2 Å². The second kappa shape index (κ2) is 7.30. The molecule has 7 rings (SSSR count). The molecule has 3 saturated carbocycles. The molecule has 9 atom stereocenters. The van der Waals surface area contributed by atoms with E-state index in [1.54, 1.807) is 0 Å². The molecule has 0 bridgehead atoms. The fraction of sp³-hybridized carbons (Fsp3) is 0.765. The Morgan fingerprint density at radius 1 is 0.919 bits per heavy atom. The van der Waals surface area contributed by atoms with Gasteiger partial charge in [0, 0.05) is 5.41 Å². The zero-order chi connectivity index (χ0) is 26.2. The van der Waals surface area contributed by atoms with E-state index in [0.29, 0.717) is 33.8 Å². The molecular weight excluding hydrogens is 452 g/mol. The van der Waals surface area contributed by atoms with Gasteiger partial charge < -0.3 is 4.52 Å². The number of nitrogens with zero attached hydrogens (tertiary/aromatic N) is 2. The fourth-order valence-corrected chi connectivity index (χ4v) is 11.8. The summed E-state index contributed by atoms with van der Waals surface area (Å²) in [7, 11) is 0. The van der Waals surface area contributed by atoms with Crippen LogP contribution in [0.25, 0.3) is 11.1 Å². The molecule has 2 aromatic heterocycles. The molecular formula is C34H48N2O. The van der Waals surface area contributed by atoms with Gasteiger partial charge in [-0.15, -0.1) is 0 Å². The summed E-state index contributed by atoms with van der Waals surface area (Å²) in [6, 6.07) is 2.35. The standard InChI is InChI=1S/C34H48N2O/c1-20-11-13-31(5)15-16-33(7)24(27(31)21(20)2)9-10-26-32(6)18-22-17-23-19-35-37-29(23)36-28(22)30(3,4)25(32)12-14-34(26,33)8/h9,17,19-21,25-27H,10-16,18H2,1-8H3/t20-,21+,25+,26-,27+,31-,32+,33-,34-/m1/s1. The minimum Gasteiger partial charge on any atom is -0.336 e. The van der Waals surface area contributed by atoms with Gasteiger partial charge in [-0.1, -0.05) is 72.2 Å². The van der Waals surface area contributed by atoms with Crippen LogP contribution in [-0.2, 0) is 11.8 Å². The van der Waals surface area contributed by atoms with Gasteiger partial charge in [-0.2, -0.15) is 0 Å². The second-order valence-corrected chi connectivity index (χ2v) is 15.9. The third-order valence-electron chi connectivity index (χ3n) is 14.1. The second-order valence-electron chi connectivity index (χ2n) is 15.9. The minimum atomic E-state index is 0.0357. The SMILES string of the molecule is C[C@H]1[C@H](C)CC[C@]2(C)CC[C@]3(C)C(=CC[C@@H]4[C@@]5(C)Cc6cc7cnoc7nc6C(C)(C)[C@@H]5CC[C@]43C)[C@H]12. The van der Waals surface area contributed by atoms with E-state index in [-0.39, 0.29) is 10.8 Å². The van der Waals surface area contributed by atoms with Crippen molar-refractivity contribution in [2.75, 3.05) is 0 Å². The smallest absolute Gasteiger partial charge is 0.257 e.